The largest absolute Gasteiger partial charge is 0.469 e. The summed E-state index contributed by atoms with van der Waals surface area (Å²) in [5.41, 5.74) is 0.904. The Kier molecular flexibility index (Phi) is 5.77. The summed E-state index contributed by atoms with van der Waals surface area (Å²) < 4.78 is 8.24. The topological polar surface area (TPSA) is 85.8 Å². The molecule has 1 amide bonds. The number of hydrogen-bond acceptors (Lipinski definition) is 6. The number of hydrogen-bond donors (Lipinski definition) is 1. The lowest BCUT2D eigenvalue weighted by atomic mass is 10.2. The molecule has 0 aliphatic rings. The number of furan rings is 1. The van der Waals surface area contributed by atoms with E-state index in [9.17, 15) is 4.79 Å². The second kappa shape index (κ2) is 8.05. The SMILES string of the molecule is Cc1occc1-c1nnc(SCC(=O)Nc2ccc(Br)cn2)n1C(C)C. The van der Waals surface area contributed by atoms with Crippen molar-refractivity contribution in [1.29, 1.82) is 0 Å². The van der Waals surface area contributed by atoms with E-state index in [4.69, 9.17) is 4.42 Å². The van der Waals surface area contributed by atoms with Gasteiger partial charge in [0.15, 0.2) is 11.0 Å². The molecule has 0 unspecified atom stereocenters. The van der Waals surface area contributed by atoms with Crippen LogP contribution in [0, 0.1) is 6.92 Å². The van der Waals surface area contributed by atoms with Crippen LogP contribution >= 0.6 is 27.7 Å². The first-order valence-corrected chi connectivity index (χ1v) is 9.77. The summed E-state index contributed by atoms with van der Waals surface area (Å²) in [6.07, 6.45) is 3.27. The van der Waals surface area contributed by atoms with E-state index in [1.54, 1.807) is 18.5 Å². The monoisotopic (exact) mass is 435 g/mol. The second-order valence-electron chi connectivity index (χ2n) is 5.86. The van der Waals surface area contributed by atoms with Crippen molar-refractivity contribution in [3.05, 3.63) is 40.9 Å². The molecule has 0 aliphatic heterocycles. The van der Waals surface area contributed by atoms with Gasteiger partial charge in [0.05, 0.1) is 17.6 Å². The molecule has 9 heteroatoms. The number of aromatic nitrogens is 4. The van der Waals surface area contributed by atoms with Crippen molar-refractivity contribution in [2.75, 3.05) is 11.1 Å². The van der Waals surface area contributed by atoms with Gasteiger partial charge in [-0.05, 0) is 54.9 Å². The molecule has 0 fully saturated rings. The third-order valence-electron chi connectivity index (χ3n) is 3.61. The van der Waals surface area contributed by atoms with Crippen LogP contribution in [0.25, 0.3) is 11.4 Å². The van der Waals surface area contributed by atoms with Gasteiger partial charge < -0.3 is 9.73 Å². The zero-order chi connectivity index (χ0) is 18.7. The normalized spacial score (nSPS) is 11.1. The highest BCUT2D eigenvalue weighted by atomic mass is 79.9. The van der Waals surface area contributed by atoms with Crippen LogP contribution in [0.3, 0.4) is 0 Å². The van der Waals surface area contributed by atoms with E-state index in [0.717, 1.165) is 21.6 Å². The molecule has 0 saturated carbocycles. The number of nitrogens with one attached hydrogen (secondary N) is 1. The number of rotatable bonds is 6. The number of pyridine rings is 1. The van der Waals surface area contributed by atoms with Gasteiger partial charge >= 0.3 is 0 Å². The predicted molar refractivity (Wildman–Crippen MR) is 104 cm³/mol. The van der Waals surface area contributed by atoms with Gasteiger partial charge in [-0.2, -0.15) is 0 Å². The van der Waals surface area contributed by atoms with Crippen LogP contribution in [0.1, 0.15) is 25.6 Å². The molecule has 0 radical (unpaired) electrons. The summed E-state index contributed by atoms with van der Waals surface area (Å²) in [7, 11) is 0. The molecule has 0 saturated heterocycles. The molecular formula is C17H18BrN5O2S. The molecule has 0 aromatic carbocycles. The average molecular weight is 436 g/mol. The van der Waals surface area contributed by atoms with E-state index in [1.165, 1.54) is 11.8 Å². The molecule has 3 aromatic rings. The number of carbonyl (C=O) groups is 1. The number of nitrogens with zero attached hydrogens (tertiary/aromatic N) is 4. The third kappa shape index (κ3) is 4.16. The standard InChI is InChI=1S/C17H18BrN5O2S/c1-10(2)23-16(13-6-7-25-11(13)3)21-22-17(23)26-9-15(24)20-14-5-4-12(18)8-19-14/h4-8,10H,9H2,1-3H3,(H,19,20,24). The van der Waals surface area contributed by atoms with E-state index in [1.807, 2.05) is 23.6 Å². The maximum Gasteiger partial charge on any atom is 0.236 e. The Hall–Kier alpha value is -2.13. The molecule has 1 N–H and O–H groups in total. The average Bonchev–Trinajstić information content (AvgIpc) is 3.20. The molecule has 3 aromatic heterocycles. The lowest BCUT2D eigenvalue weighted by Gasteiger charge is -2.13. The maximum atomic E-state index is 12.2. The van der Waals surface area contributed by atoms with Crippen molar-refractivity contribution in [1.82, 2.24) is 19.7 Å². The van der Waals surface area contributed by atoms with Crippen LogP contribution in [-0.4, -0.2) is 31.4 Å². The van der Waals surface area contributed by atoms with Gasteiger partial charge in [0.2, 0.25) is 5.91 Å². The van der Waals surface area contributed by atoms with E-state index in [0.29, 0.717) is 11.0 Å². The summed E-state index contributed by atoms with van der Waals surface area (Å²) >= 11 is 4.65. The smallest absolute Gasteiger partial charge is 0.236 e. The number of anilines is 1. The summed E-state index contributed by atoms with van der Waals surface area (Å²) in [5.74, 6) is 2.11. The minimum Gasteiger partial charge on any atom is -0.469 e. The third-order valence-corrected chi connectivity index (χ3v) is 5.02. The highest BCUT2D eigenvalue weighted by molar-refractivity contribution is 9.10. The number of thioether (sulfide) groups is 1. The van der Waals surface area contributed by atoms with E-state index < -0.39 is 0 Å². The molecular weight excluding hydrogens is 418 g/mol. The predicted octanol–water partition coefficient (Wildman–Crippen LogP) is 4.32. The Morgan fingerprint density at radius 3 is 2.77 bits per heavy atom. The van der Waals surface area contributed by atoms with Gasteiger partial charge in [0, 0.05) is 16.7 Å². The summed E-state index contributed by atoms with van der Waals surface area (Å²) in [4.78, 5) is 16.3. The van der Waals surface area contributed by atoms with Crippen molar-refractivity contribution in [3.8, 4) is 11.4 Å². The Labute approximate surface area is 163 Å². The van der Waals surface area contributed by atoms with Gasteiger partial charge in [-0.3, -0.25) is 9.36 Å². The minimum absolute atomic E-state index is 0.146. The number of halogens is 1. The summed E-state index contributed by atoms with van der Waals surface area (Å²) in [5, 5.41) is 12.0. The van der Waals surface area contributed by atoms with Crippen molar-refractivity contribution >= 4 is 39.4 Å². The molecule has 0 bridgehead atoms. The Morgan fingerprint density at radius 1 is 1.35 bits per heavy atom. The van der Waals surface area contributed by atoms with E-state index in [-0.39, 0.29) is 17.7 Å². The van der Waals surface area contributed by atoms with Gasteiger partial charge in [-0.1, -0.05) is 11.8 Å². The zero-order valence-corrected chi connectivity index (χ0v) is 17.0. The van der Waals surface area contributed by atoms with E-state index in [2.05, 4.69) is 50.3 Å². The molecule has 26 heavy (non-hydrogen) atoms. The highest BCUT2D eigenvalue weighted by Gasteiger charge is 2.20. The van der Waals surface area contributed by atoms with Crippen molar-refractivity contribution in [3.63, 3.8) is 0 Å². The minimum atomic E-state index is -0.149. The Bertz CT molecular complexity index is 904. The van der Waals surface area contributed by atoms with Crippen molar-refractivity contribution < 1.29 is 9.21 Å². The van der Waals surface area contributed by atoms with Crippen LogP contribution < -0.4 is 5.32 Å². The Balaban J connectivity index is 1.72. The second-order valence-corrected chi connectivity index (χ2v) is 7.72. The molecule has 0 spiro atoms. The van der Waals surface area contributed by atoms with Gasteiger partial charge in [0.25, 0.3) is 0 Å². The first kappa shape index (κ1) is 18.7. The number of amides is 1. The first-order chi connectivity index (χ1) is 12.5. The Morgan fingerprint density at radius 2 is 2.15 bits per heavy atom. The van der Waals surface area contributed by atoms with Crippen molar-refractivity contribution in [2.24, 2.45) is 0 Å². The fourth-order valence-electron chi connectivity index (χ4n) is 2.40. The van der Waals surface area contributed by atoms with Crippen LogP contribution in [-0.2, 0) is 4.79 Å². The molecule has 0 atom stereocenters. The summed E-state index contributed by atoms with van der Waals surface area (Å²) in [6, 6.07) is 5.58. The lowest BCUT2D eigenvalue weighted by Crippen LogP contribution is -2.15. The fraction of sp³-hybridized carbons (Fsp3) is 0.294. The molecule has 0 aliphatic carbocycles. The molecule has 3 rings (SSSR count). The molecule has 7 nitrogen and oxygen atoms in total. The summed E-state index contributed by atoms with van der Waals surface area (Å²) in [6.45, 7) is 6.00. The first-order valence-electron chi connectivity index (χ1n) is 7.99. The van der Waals surface area contributed by atoms with Gasteiger partial charge in [0.1, 0.15) is 11.6 Å². The number of aryl methyl sites for hydroxylation is 1. The van der Waals surface area contributed by atoms with E-state index >= 15 is 0 Å². The quantitative estimate of drug-likeness (QED) is 0.580. The van der Waals surface area contributed by atoms with Crippen LogP contribution in [0.15, 0.2) is 44.7 Å². The highest BCUT2D eigenvalue weighted by Crippen LogP contribution is 2.30. The van der Waals surface area contributed by atoms with Crippen LogP contribution in [0.2, 0.25) is 0 Å². The van der Waals surface area contributed by atoms with Crippen molar-refractivity contribution in [2.45, 2.75) is 32.0 Å². The maximum absolute atomic E-state index is 12.2. The zero-order valence-electron chi connectivity index (χ0n) is 14.6. The van der Waals surface area contributed by atoms with Gasteiger partial charge in [-0.15, -0.1) is 10.2 Å². The number of carbonyl (C=O) groups excluding carboxylic acids is 1. The lowest BCUT2D eigenvalue weighted by molar-refractivity contribution is -0.113. The van der Waals surface area contributed by atoms with Crippen LogP contribution in [0.5, 0.6) is 0 Å². The fourth-order valence-corrected chi connectivity index (χ4v) is 3.50. The van der Waals surface area contributed by atoms with Crippen LogP contribution in [0.4, 0.5) is 5.82 Å². The molecule has 136 valence electrons. The molecule has 3 heterocycles. The van der Waals surface area contributed by atoms with Gasteiger partial charge in [-0.25, -0.2) is 4.98 Å².